The number of nitrogens with zero attached hydrogens (tertiary/aromatic N) is 5. The Morgan fingerprint density at radius 3 is 2.93 bits per heavy atom. The van der Waals surface area contributed by atoms with E-state index in [1.54, 1.807) is 6.20 Å². The van der Waals surface area contributed by atoms with Crippen LogP contribution in [-0.2, 0) is 0 Å². The minimum atomic E-state index is 0.105. The van der Waals surface area contributed by atoms with E-state index in [2.05, 4.69) is 46.5 Å². The maximum Gasteiger partial charge on any atom is 0.258 e. The third kappa shape index (κ3) is 3.39. The molecule has 4 aromatic rings. The van der Waals surface area contributed by atoms with Crippen molar-refractivity contribution < 1.29 is 4.52 Å². The van der Waals surface area contributed by atoms with E-state index in [0.29, 0.717) is 11.7 Å². The molecule has 1 fully saturated rings. The molecule has 0 bridgehead atoms. The van der Waals surface area contributed by atoms with E-state index >= 15 is 0 Å². The predicted octanol–water partition coefficient (Wildman–Crippen LogP) is 3.23. The number of piperazine rings is 1. The van der Waals surface area contributed by atoms with E-state index in [9.17, 15) is 0 Å². The summed E-state index contributed by atoms with van der Waals surface area (Å²) >= 11 is 0. The molecule has 1 unspecified atom stereocenters. The van der Waals surface area contributed by atoms with Crippen LogP contribution in [0.3, 0.4) is 0 Å². The molecule has 1 atom stereocenters. The van der Waals surface area contributed by atoms with Crippen LogP contribution in [0.1, 0.15) is 17.4 Å². The van der Waals surface area contributed by atoms with Gasteiger partial charge >= 0.3 is 0 Å². The third-order valence-corrected chi connectivity index (χ3v) is 5.40. The SMILES string of the molecule is Cc1ccc2nc(-c3cccnc3)cc(-c3nc(C4CNCCN4C)no3)c2c1. The van der Waals surface area contributed by atoms with Crippen LogP contribution >= 0.6 is 0 Å². The van der Waals surface area contributed by atoms with Gasteiger partial charge in [0.15, 0.2) is 5.82 Å². The Kier molecular flexibility index (Phi) is 4.54. The first-order valence-electron chi connectivity index (χ1n) is 9.76. The number of fused-ring (bicyclic) bond motifs is 1. The van der Waals surface area contributed by atoms with Gasteiger partial charge < -0.3 is 9.84 Å². The summed E-state index contributed by atoms with van der Waals surface area (Å²) in [5.41, 5.74) is 4.73. The summed E-state index contributed by atoms with van der Waals surface area (Å²) in [5, 5.41) is 8.70. The zero-order valence-corrected chi connectivity index (χ0v) is 16.5. The number of hydrogen-bond donors (Lipinski definition) is 1. The molecule has 0 saturated carbocycles. The van der Waals surface area contributed by atoms with Crippen molar-refractivity contribution in [1.29, 1.82) is 0 Å². The van der Waals surface area contributed by atoms with Crippen molar-refractivity contribution in [1.82, 2.24) is 30.3 Å². The standard InChI is InChI=1S/C22H22N6O/c1-14-5-6-18-16(10-14)17(11-19(25-18)15-4-3-7-23-12-15)22-26-21(27-29-22)20-13-24-8-9-28(20)2/h3-7,10-12,20,24H,8-9,13H2,1-2H3. The fourth-order valence-corrected chi connectivity index (χ4v) is 3.75. The number of hydrogen-bond acceptors (Lipinski definition) is 7. The van der Waals surface area contributed by atoms with Gasteiger partial charge in [-0.1, -0.05) is 16.8 Å². The molecule has 3 aromatic heterocycles. The van der Waals surface area contributed by atoms with E-state index in [-0.39, 0.29) is 6.04 Å². The van der Waals surface area contributed by atoms with Crippen LogP contribution in [-0.4, -0.2) is 51.7 Å². The van der Waals surface area contributed by atoms with Crippen molar-refractivity contribution in [3.8, 4) is 22.7 Å². The lowest BCUT2D eigenvalue weighted by molar-refractivity contribution is 0.190. The lowest BCUT2D eigenvalue weighted by atomic mass is 10.0. The van der Waals surface area contributed by atoms with Gasteiger partial charge in [-0.3, -0.25) is 9.88 Å². The van der Waals surface area contributed by atoms with E-state index in [1.807, 2.05) is 30.5 Å². The Hall–Kier alpha value is -3.16. The number of aryl methyl sites for hydroxylation is 1. The summed E-state index contributed by atoms with van der Waals surface area (Å²) < 4.78 is 5.73. The monoisotopic (exact) mass is 386 g/mol. The van der Waals surface area contributed by atoms with Gasteiger partial charge in [-0.15, -0.1) is 0 Å². The van der Waals surface area contributed by atoms with E-state index < -0.39 is 0 Å². The second kappa shape index (κ2) is 7.35. The lowest BCUT2D eigenvalue weighted by Gasteiger charge is -2.30. The first-order valence-corrected chi connectivity index (χ1v) is 9.76. The Labute approximate surface area is 168 Å². The highest BCUT2D eigenvalue weighted by molar-refractivity contribution is 5.95. The number of likely N-dealkylation sites (N-methyl/N-ethyl adjacent to an activating group) is 1. The van der Waals surface area contributed by atoms with E-state index in [1.165, 1.54) is 0 Å². The Bertz CT molecular complexity index is 1160. The van der Waals surface area contributed by atoms with Gasteiger partial charge in [-0.05, 0) is 44.3 Å². The number of aromatic nitrogens is 4. The topological polar surface area (TPSA) is 80.0 Å². The van der Waals surface area contributed by atoms with Crippen molar-refractivity contribution in [3.05, 3.63) is 60.2 Å². The molecule has 1 saturated heterocycles. The second-order valence-corrected chi connectivity index (χ2v) is 7.48. The van der Waals surface area contributed by atoms with Crippen LogP contribution in [0, 0.1) is 6.92 Å². The molecule has 1 aliphatic rings. The van der Waals surface area contributed by atoms with Gasteiger partial charge in [-0.25, -0.2) is 4.98 Å². The van der Waals surface area contributed by atoms with E-state index in [4.69, 9.17) is 14.5 Å². The van der Waals surface area contributed by atoms with Gasteiger partial charge in [0.1, 0.15) is 0 Å². The molecule has 1 N–H and O–H groups in total. The maximum atomic E-state index is 5.73. The number of benzene rings is 1. The van der Waals surface area contributed by atoms with E-state index in [0.717, 1.165) is 52.9 Å². The molecular formula is C22H22N6O. The second-order valence-electron chi connectivity index (χ2n) is 7.48. The molecule has 0 spiro atoms. The summed E-state index contributed by atoms with van der Waals surface area (Å²) in [7, 11) is 2.09. The molecule has 1 aromatic carbocycles. The lowest BCUT2D eigenvalue weighted by Crippen LogP contribution is -2.44. The maximum absolute atomic E-state index is 5.73. The normalized spacial score (nSPS) is 17.7. The molecular weight excluding hydrogens is 364 g/mol. The average molecular weight is 386 g/mol. The van der Waals surface area contributed by atoms with Crippen LogP contribution in [0.25, 0.3) is 33.6 Å². The predicted molar refractivity (Wildman–Crippen MR) is 111 cm³/mol. The minimum Gasteiger partial charge on any atom is -0.334 e. The number of nitrogens with one attached hydrogen (secondary N) is 1. The van der Waals surface area contributed by atoms with Crippen LogP contribution < -0.4 is 5.32 Å². The summed E-state index contributed by atoms with van der Waals surface area (Å²) in [6, 6.07) is 12.2. The zero-order valence-electron chi connectivity index (χ0n) is 16.5. The molecule has 0 aliphatic carbocycles. The van der Waals surface area contributed by atoms with Crippen molar-refractivity contribution in [2.45, 2.75) is 13.0 Å². The molecule has 7 nitrogen and oxygen atoms in total. The van der Waals surface area contributed by atoms with Crippen molar-refractivity contribution in [3.63, 3.8) is 0 Å². The Morgan fingerprint density at radius 2 is 2.10 bits per heavy atom. The number of pyridine rings is 2. The molecule has 7 heteroatoms. The molecule has 146 valence electrons. The zero-order chi connectivity index (χ0) is 19.8. The van der Waals surface area contributed by atoms with Gasteiger partial charge in [-0.2, -0.15) is 4.98 Å². The van der Waals surface area contributed by atoms with Gasteiger partial charge in [0.25, 0.3) is 5.89 Å². The third-order valence-electron chi connectivity index (χ3n) is 5.40. The Balaban J connectivity index is 1.65. The van der Waals surface area contributed by atoms with Crippen molar-refractivity contribution >= 4 is 10.9 Å². The van der Waals surface area contributed by atoms with Crippen LogP contribution in [0.4, 0.5) is 0 Å². The molecule has 1 aliphatic heterocycles. The summed E-state index contributed by atoms with van der Waals surface area (Å²) in [6.45, 7) is 4.81. The molecule has 4 heterocycles. The molecule has 29 heavy (non-hydrogen) atoms. The number of rotatable bonds is 3. The van der Waals surface area contributed by atoms with Gasteiger partial charge in [0, 0.05) is 43.0 Å². The summed E-state index contributed by atoms with van der Waals surface area (Å²) in [6.07, 6.45) is 3.57. The molecule has 0 radical (unpaired) electrons. The van der Waals surface area contributed by atoms with Gasteiger partial charge in [0.2, 0.25) is 0 Å². The largest absolute Gasteiger partial charge is 0.334 e. The average Bonchev–Trinajstić information content (AvgIpc) is 3.24. The van der Waals surface area contributed by atoms with Crippen molar-refractivity contribution in [2.75, 3.05) is 26.7 Å². The molecule has 0 amide bonds. The van der Waals surface area contributed by atoms with Crippen LogP contribution in [0.5, 0.6) is 0 Å². The summed E-state index contributed by atoms with van der Waals surface area (Å²) in [4.78, 5) is 16.1. The fraction of sp³-hybridized carbons (Fsp3) is 0.273. The highest BCUT2D eigenvalue weighted by atomic mass is 16.5. The smallest absolute Gasteiger partial charge is 0.258 e. The highest BCUT2D eigenvalue weighted by Crippen LogP contribution is 2.32. The minimum absolute atomic E-state index is 0.105. The highest BCUT2D eigenvalue weighted by Gasteiger charge is 2.26. The van der Waals surface area contributed by atoms with Crippen molar-refractivity contribution in [2.24, 2.45) is 0 Å². The fourth-order valence-electron chi connectivity index (χ4n) is 3.75. The van der Waals surface area contributed by atoms with Crippen LogP contribution in [0.15, 0.2) is 53.3 Å². The Morgan fingerprint density at radius 1 is 1.17 bits per heavy atom. The quantitative estimate of drug-likeness (QED) is 0.579. The summed E-state index contributed by atoms with van der Waals surface area (Å²) in [5.74, 6) is 1.22. The first kappa shape index (κ1) is 17.9. The van der Waals surface area contributed by atoms with Gasteiger partial charge in [0.05, 0.1) is 22.8 Å². The molecule has 5 rings (SSSR count). The first-order chi connectivity index (χ1) is 14.2. The van der Waals surface area contributed by atoms with Crippen LogP contribution in [0.2, 0.25) is 0 Å².